The molecule has 134 valence electrons. The quantitative estimate of drug-likeness (QED) is 0.486. The van der Waals surface area contributed by atoms with E-state index in [4.69, 9.17) is 4.74 Å². The fourth-order valence-corrected chi connectivity index (χ4v) is 3.17. The Hall–Kier alpha value is -2.64. The summed E-state index contributed by atoms with van der Waals surface area (Å²) in [5.41, 5.74) is 2.69. The van der Waals surface area contributed by atoms with Crippen LogP contribution in [0.25, 0.3) is 0 Å². The summed E-state index contributed by atoms with van der Waals surface area (Å²) in [6, 6.07) is 13.4. The van der Waals surface area contributed by atoms with Crippen LogP contribution in [0, 0.1) is 0 Å². The van der Waals surface area contributed by atoms with Crippen molar-refractivity contribution < 1.29 is 14.6 Å². The molecule has 0 atom stereocenters. The largest absolute Gasteiger partial charge is 0.460 e. The molecule has 1 aromatic carbocycles. The number of rotatable bonds is 8. The zero-order valence-electron chi connectivity index (χ0n) is 14.1. The predicted octanol–water partition coefficient (Wildman–Crippen LogP) is 2.65. The van der Waals surface area contributed by atoms with Gasteiger partial charge < -0.3 is 14.4 Å². The van der Waals surface area contributed by atoms with E-state index in [1.54, 1.807) is 18.6 Å². The van der Waals surface area contributed by atoms with Gasteiger partial charge in [-0.05, 0) is 23.3 Å². The molecule has 0 aliphatic carbocycles. The van der Waals surface area contributed by atoms with E-state index in [1.807, 2.05) is 47.0 Å². The Morgan fingerprint density at radius 3 is 2.62 bits per heavy atom. The molecule has 0 saturated carbocycles. The number of hydrogen-bond acceptors (Lipinski definition) is 6. The SMILES string of the molecule is O=C(CSc1ncc(CO)n1Cc1ccncc1)OCc1ccccc1. The lowest BCUT2D eigenvalue weighted by Crippen LogP contribution is -2.10. The second kappa shape index (κ2) is 9.17. The summed E-state index contributed by atoms with van der Waals surface area (Å²) in [5, 5.41) is 10.2. The van der Waals surface area contributed by atoms with E-state index in [2.05, 4.69) is 9.97 Å². The molecule has 0 aliphatic rings. The Morgan fingerprint density at radius 2 is 1.88 bits per heavy atom. The highest BCUT2D eigenvalue weighted by Gasteiger charge is 2.13. The predicted molar refractivity (Wildman–Crippen MR) is 98.5 cm³/mol. The number of carbonyl (C=O) groups is 1. The summed E-state index contributed by atoms with van der Waals surface area (Å²) in [5.74, 6) is -0.145. The van der Waals surface area contributed by atoms with Gasteiger partial charge in [0.25, 0.3) is 0 Å². The van der Waals surface area contributed by atoms with Crippen molar-refractivity contribution in [1.82, 2.24) is 14.5 Å². The monoisotopic (exact) mass is 369 g/mol. The Morgan fingerprint density at radius 1 is 1.12 bits per heavy atom. The zero-order chi connectivity index (χ0) is 18.2. The number of carbonyl (C=O) groups excluding carboxylic acids is 1. The van der Waals surface area contributed by atoms with Gasteiger partial charge in [-0.3, -0.25) is 9.78 Å². The number of aliphatic hydroxyl groups excluding tert-OH is 1. The number of hydrogen-bond donors (Lipinski definition) is 1. The molecule has 3 rings (SSSR count). The first-order chi connectivity index (χ1) is 12.8. The number of aromatic nitrogens is 3. The number of pyridine rings is 1. The Kier molecular flexibility index (Phi) is 6.40. The molecular weight excluding hydrogens is 350 g/mol. The van der Waals surface area contributed by atoms with E-state index in [-0.39, 0.29) is 24.9 Å². The van der Waals surface area contributed by atoms with Crippen LogP contribution in [0.3, 0.4) is 0 Å². The zero-order valence-corrected chi connectivity index (χ0v) is 14.9. The first-order valence-corrected chi connectivity index (χ1v) is 9.11. The lowest BCUT2D eigenvalue weighted by molar-refractivity contribution is -0.141. The van der Waals surface area contributed by atoms with Crippen molar-refractivity contribution in [2.75, 3.05) is 5.75 Å². The van der Waals surface area contributed by atoms with Crippen molar-refractivity contribution >= 4 is 17.7 Å². The standard InChI is InChI=1S/C19H19N3O3S/c23-12-17-10-21-19(22(17)11-15-6-8-20-9-7-15)26-14-18(24)25-13-16-4-2-1-3-5-16/h1-10,23H,11-14H2. The van der Waals surface area contributed by atoms with Gasteiger partial charge >= 0.3 is 5.97 Å². The third kappa shape index (κ3) is 4.93. The highest BCUT2D eigenvalue weighted by Crippen LogP contribution is 2.20. The first kappa shape index (κ1) is 18.2. The molecule has 0 aliphatic heterocycles. The molecule has 26 heavy (non-hydrogen) atoms. The maximum Gasteiger partial charge on any atom is 0.316 e. The van der Waals surface area contributed by atoms with Crippen LogP contribution in [-0.4, -0.2) is 31.4 Å². The highest BCUT2D eigenvalue weighted by atomic mass is 32.2. The summed E-state index contributed by atoms with van der Waals surface area (Å²) in [4.78, 5) is 20.3. The lowest BCUT2D eigenvalue weighted by atomic mass is 10.2. The van der Waals surface area contributed by atoms with Gasteiger partial charge in [-0.2, -0.15) is 0 Å². The van der Waals surface area contributed by atoms with Crippen LogP contribution in [0.1, 0.15) is 16.8 Å². The molecular formula is C19H19N3O3S. The molecule has 1 N–H and O–H groups in total. The third-order valence-electron chi connectivity index (χ3n) is 3.72. The molecule has 0 spiro atoms. The van der Waals surface area contributed by atoms with Crippen LogP contribution in [-0.2, 0) is 29.3 Å². The van der Waals surface area contributed by atoms with E-state index in [1.165, 1.54) is 11.8 Å². The molecule has 6 nitrogen and oxygen atoms in total. The minimum atomic E-state index is -0.303. The van der Waals surface area contributed by atoms with Crippen molar-refractivity contribution in [3.8, 4) is 0 Å². The number of esters is 1. The van der Waals surface area contributed by atoms with E-state index in [0.29, 0.717) is 17.4 Å². The first-order valence-electron chi connectivity index (χ1n) is 8.13. The van der Waals surface area contributed by atoms with Crippen LogP contribution < -0.4 is 0 Å². The highest BCUT2D eigenvalue weighted by molar-refractivity contribution is 7.99. The maximum absolute atomic E-state index is 12.0. The fourth-order valence-electron chi connectivity index (χ4n) is 2.38. The number of aliphatic hydroxyl groups is 1. The second-order valence-corrected chi connectivity index (χ2v) is 6.51. The Bertz CT molecular complexity index is 838. The van der Waals surface area contributed by atoms with Crippen molar-refractivity contribution in [2.24, 2.45) is 0 Å². The van der Waals surface area contributed by atoms with Crippen molar-refractivity contribution in [2.45, 2.75) is 24.9 Å². The Balaban J connectivity index is 1.59. The Labute approximate surface area is 155 Å². The average Bonchev–Trinajstić information content (AvgIpc) is 3.08. The molecule has 3 aromatic rings. The summed E-state index contributed by atoms with van der Waals surface area (Å²) >= 11 is 1.30. The van der Waals surface area contributed by atoms with Gasteiger partial charge in [-0.1, -0.05) is 42.1 Å². The molecule has 0 amide bonds. The van der Waals surface area contributed by atoms with Gasteiger partial charge in [0.1, 0.15) is 6.61 Å². The molecule has 0 radical (unpaired) electrons. The van der Waals surface area contributed by atoms with Crippen LogP contribution >= 0.6 is 11.8 Å². The average molecular weight is 369 g/mol. The third-order valence-corrected chi connectivity index (χ3v) is 4.68. The van der Waals surface area contributed by atoms with E-state index < -0.39 is 0 Å². The fraction of sp³-hybridized carbons (Fsp3) is 0.211. The van der Waals surface area contributed by atoms with Crippen LogP contribution in [0.4, 0.5) is 0 Å². The van der Waals surface area contributed by atoms with E-state index in [9.17, 15) is 9.90 Å². The number of nitrogens with zero attached hydrogens (tertiary/aromatic N) is 3. The number of ether oxygens (including phenoxy) is 1. The minimum absolute atomic E-state index is 0.114. The van der Waals surface area contributed by atoms with Gasteiger partial charge in [0.15, 0.2) is 5.16 Å². The maximum atomic E-state index is 12.0. The smallest absolute Gasteiger partial charge is 0.316 e. The molecule has 0 saturated heterocycles. The summed E-state index contributed by atoms with van der Waals surface area (Å²) < 4.78 is 7.18. The molecule has 0 bridgehead atoms. The van der Waals surface area contributed by atoms with Crippen molar-refractivity contribution in [3.63, 3.8) is 0 Å². The number of benzene rings is 1. The minimum Gasteiger partial charge on any atom is -0.460 e. The lowest BCUT2D eigenvalue weighted by Gasteiger charge is -2.10. The van der Waals surface area contributed by atoms with Gasteiger partial charge in [0.2, 0.25) is 0 Å². The van der Waals surface area contributed by atoms with Gasteiger partial charge in [0, 0.05) is 12.4 Å². The summed E-state index contributed by atoms with van der Waals surface area (Å²) in [6.45, 7) is 0.699. The van der Waals surface area contributed by atoms with Gasteiger partial charge in [0.05, 0.1) is 30.8 Å². The second-order valence-electron chi connectivity index (χ2n) is 5.57. The van der Waals surface area contributed by atoms with Crippen LogP contribution in [0.15, 0.2) is 66.2 Å². The van der Waals surface area contributed by atoms with Crippen molar-refractivity contribution in [3.05, 3.63) is 77.9 Å². The molecule has 2 heterocycles. The normalized spacial score (nSPS) is 10.7. The van der Waals surface area contributed by atoms with Crippen LogP contribution in [0.2, 0.25) is 0 Å². The molecule has 0 fully saturated rings. The van der Waals surface area contributed by atoms with Crippen molar-refractivity contribution in [1.29, 1.82) is 0 Å². The van der Waals surface area contributed by atoms with Gasteiger partial charge in [-0.15, -0.1) is 0 Å². The van der Waals surface area contributed by atoms with E-state index >= 15 is 0 Å². The number of imidazole rings is 1. The van der Waals surface area contributed by atoms with Gasteiger partial charge in [-0.25, -0.2) is 4.98 Å². The molecule has 2 aromatic heterocycles. The summed E-state index contributed by atoms with van der Waals surface area (Å²) in [6.07, 6.45) is 5.07. The summed E-state index contributed by atoms with van der Waals surface area (Å²) in [7, 11) is 0. The van der Waals surface area contributed by atoms with Crippen LogP contribution in [0.5, 0.6) is 0 Å². The molecule has 0 unspecified atom stereocenters. The molecule has 7 heteroatoms. The number of thioether (sulfide) groups is 1. The topological polar surface area (TPSA) is 77.2 Å². The van der Waals surface area contributed by atoms with E-state index in [0.717, 1.165) is 11.1 Å².